The molecule has 6 nitrogen and oxygen atoms in total. The van der Waals surface area contributed by atoms with Crippen LogP contribution in [0.5, 0.6) is 0 Å². The zero-order chi connectivity index (χ0) is 18.5. The highest BCUT2D eigenvalue weighted by molar-refractivity contribution is 6.06. The quantitative estimate of drug-likeness (QED) is 0.776. The summed E-state index contributed by atoms with van der Waals surface area (Å²) >= 11 is 0. The number of likely N-dealkylation sites (tertiary alicyclic amines) is 1. The number of imide groups is 1. The third kappa shape index (κ3) is 2.69. The molecule has 1 aromatic heterocycles. The molecule has 1 aromatic carbocycles. The van der Waals surface area contributed by atoms with E-state index in [4.69, 9.17) is 0 Å². The maximum atomic E-state index is 14.8. The van der Waals surface area contributed by atoms with E-state index in [2.05, 4.69) is 9.97 Å². The minimum atomic E-state index is -0.431. The van der Waals surface area contributed by atoms with E-state index in [9.17, 15) is 14.0 Å². The number of anilines is 1. The molecule has 1 aliphatic carbocycles. The van der Waals surface area contributed by atoms with Crippen LogP contribution in [0.1, 0.15) is 30.0 Å². The van der Waals surface area contributed by atoms with Gasteiger partial charge in [0.25, 0.3) is 0 Å². The first-order valence-corrected chi connectivity index (χ1v) is 9.28. The molecule has 0 N–H and O–H groups in total. The van der Waals surface area contributed by atoms with Crippen LogP contribution in [0.4, 0.5) is 10.2 Å². The molecule has 0 radical (unpaired) electrons. The van der Waals surface area contributed by atoms with Gasteiger partial charge in [-0.05, 0) is 18.4 Å². The van der Waals surface area contributed by atoms with Crippen molar-refractivity contribution >= 4 is 17.6 Å². The van der Waals surface area contributed by atoms with E-state index in [1.807, 2.05) is 30.3 Å². The van der Waals surface area contributed by atoms with E-state index >= 15 is 0 Å². The minimum Gasteiger partial charge on any atom is -0.352 e. The summed E-state index contributed by atoms with van der Waals surface area (Å²) < 4.78 is 14.8. The minimum absolute atomic E-state index is 0.173. The summed E-state index contributed by atoms with van der Waals surface area (Å²) in [6, 6.07) is 9.47. The number of aromatic nitrogens is 2. The average Bonchev–Trinajstić information content (AvgIpc) is 3.39. The standard InChI is InChI=1S/C20H19FN4O2/c21-16-17(13-6-7-13)22-11-23-18(16)24-9-14-15(10-24)20(27)25(19(14)26)8-12-4-2-1-3-5-12/h1-5,11,13-15H,6-10H2. The average molecular weight is 366 g/mol. The zero-order valence-electron chi connectivity index (χ0n) is 14.7. The summed E-state index contributed by atoms with van der Waals surface area (Å²) in [7, 11) is 0. The second-order valence-corrected chi connectivity index (χ2v) is 7.54. The van der Waals surface area contributed by atoms with Crippen molar-refractivity contribution in [2.75, 3.05) is 18.0 Å². The third-order valence-electron chi connectivity index (χ3n) is 5.73. The summed E-state index contributed by atoms with van der Waals surface area (Å²) in [6.07, 6.45) is 3.28. The van der Waals surface area contributed by atoms with Crippen molar-refractivity contribution in [3.63, 3.8) is 0 Å². The maximum absolute atomic E-state index is 14.8. The topological polar surface area (TPSA) is 66.4 Å². The molecule has 2 amide bonds. The highest BCUT2D eigenvalue weighted by Gasteiger charge is 2.53. The molecule has 2 aromatic rings. The zero-order valence-corrected chi connectivity index (χ0v) is 14.7. The largest absolute Gasteiger partial charge is 0.352 e. The van der Waals surface area contributed by atoms with Gasteiger partial charge >= 0.3 is 0 Å². The Morgan fingerprint density at radius 2 is 1.67 bits per heavy atom. The molecular weight excluding hydrogens is 347 g/mol. The molecule has 0 bridgehead atoms. The van der Waals surface area contributed by atoms with Gasteiger partial charge in [0.05, 0.1) is 24.1 Å². The lowest BCUT2D eigenvalue weighted by molar-refractivity contribution is -0.140. The van der Waals surface area contributed by atoms with Crippen LogP contribution in [-0.2, 0) is 16.1 Å². The normalized spacial score (nSPS) is 24.6. The van der Waals surface area contributed by atoms with Crippen molar-refractivity contribution in [1.29, 1.82) is 0 Å². The van der Waals surface area contributed by atoms with Crippen LogP contribution < -0.4 is 4.90 Å². The number of fused-ring (bicyclic) bond motifs is 1. The number of carbonyl (C=O) groups excluding carboxylic acids is 2. The molecule has 1 saturated carbocycles. The second kappa shape index (κ2) is 6.11. The van der Waals surface area contributed by atoms with Gasteiger partial charge in [0.1, 0.15) is 6.33 Å². The fraction of sp³-hybridized carbons (Fsp3) is 0.400. The van der Waals surface area contributed by atoms with E-state index in [0.717, 1.165) is 18.4 Å². The molecule has 138 valence electrons. The Bertz CT molecular complexity index is 891. The van der Waals surface area contributed by atoms with Crippen LogP contribution in [0.2, 0.25) is 0 Å². The molecule has 3 aliphatic rings. The van der Waals surface area contributed by atoms with Gasteiger partial charge in [0.15, 0.2) is 11.6 Å². The predicted octanol–water partition coefficient (Wildman–Crippen LogP) is 2.11. The molecule has 3 fully saturated rings. The van der Waals surface area contributed by atoms with Crippen LogP contribution in [0.3, 0.4) is 0 Å². The van der Waals surface area contributed by atoms with Crippen molar-refractivity contribution in [3.05, 3.63) is 53.7 Å². The van der Waals surface area contributed by atoms with Crippen molar-refractivity contribution in [2.24, 2.45) is 11.8 Å². The monoisotopic (exact) mass is 366 g/mol. The Morgan fingerprint density at radius 1 is 1.00 bits per heavy atom. The van der Waals surface area contributed by atoms with Crippen LogP contribution >= 0.6 is 0 Å². The lowest BCUT2D eigenvalue weighted by Gasteiger charge is -2.22. The van der Waals surface area contributed by atoms with E-state index in [0.29, 0.717) is 25.3 Å². The number of benzene rings is 1. The van der Waals surface area contributed by atoms with Crippen LogP contribution in [0, 0.1) is 17.7 Å². The lowest BCUT2D eigenvalue weighted by Crippen LogP contribution is -2.36. The Balaban J connectivity index is 1.36. The number of halogens is 1. The first-order chi connectivity index (χ1) is 13.1. The first-order valence-electron chi connectivity index (χ1n) is 9.28. The Kier molecular flexibility index (Phi) is 3.70. The smallest absolute Gasteiger partial charge is 0.235 e. The molecule has 2 saturated heterocycles. The molecule has 5 rings (SSSR count). The van der Waals surface area contributed by atoms with Gasteiger partial charge in [0, 0.05) is 19.0 Å². The number of rotatable bonds is 4. The second-order valence-electron chi connectivity index (χ2n) is 7.54. The van der Waals surface area contributed by atoms with E-state index < -0.39 is 17.7 Å². The van der Waals surface area contributed by atoms with E-state index in [-0.39, 0.29) is 23.6 Å². The molecule has 2 aliphatic heterocycles. The van der Waals surface area contributed by atoms with Gasteiger partial charge in [-0.15, -0.1) is 0 Å². The molecular formula is C20H19FN4O2. The van der Waals surface area contributed by atoms with Crippen molar-refractivity contribution in [3.8, 4) is 0 Å². The van der Waals surface area contributed by atoms with Gasteiger partial charge in [-0.25, -0.2) is 14.4 Å². The molecule has 3 heterocycles. The van der Waals surface area contributed by atoms with Gasteiger partial charge in [-0.2, -0.15) is 0 Å². The van der Waals surface area contributed by atoms with Crippen molar-refractivity contribution < 1.29 is 14.0 Å². The first kappa shape index (κ1) is 16.4. The van der Waals surface area contributed by atoms with Gasteiger partial charge < -0.3 is 4.90 Å². The van der Waals surface area contributed by atoms with E-state index in [1.54, 1.807) is 4.90 Å². The van der Waals surface area contributed by atoms with Crippen LogP contribution in [0.25, 0.3) is 0 Å². The summed E-state index contributed by atoms with van der Waals surface area (Å²) in [4.78, 5) is 36.8. The Morgan fingerprint density at radius 3 is 2.30 bits per heavy atom. The summed E-state index contributed by atoms with van der Waals surface area (Å²) in [5, 5.41) is 0. The Labute approximate surface area is 156 Å². The summed E-state index contributed by atoms with van der Waals surface area (Å²) in [6.45, 7) is 0.927. The predicted molar refractivity (Wildman–Crippen MR) is 95.2 cm³/mol. The Hall–Kier alpha value is -2.83. The molecule has 0 spiro atoms. The van der Waals surface area contributed by atoms with Crippen molar-refractivity contribution in [1.82, 2.24) is 14.9 Å². The molecule has 2 unspecified atom stereocenters. The third-order valence-corrected chi connectivity index (χ3v) is 5.73. The van der Waals surface area contributed by atoms with Gasteiger partial charge in [-0.1, -0.05) is 30.3 Å². The number of hydrogen-bond acceptors (Lipinski definition) is 5. The van der Waals surface area contributed by atoms with E-state index in [1.165, 1.54) is 11.2 Å². The van der Waals surface area contributed by atoms with Crippen molar-refractivity contribution in [2.45, 2.75) is 25.3 Å². The maximum Gasteiger partial charge on any atom is 0.235 e. The highest BCUT2D eigenvalue weighted by atomic mass is 19.1. The summed E-state index contributed by atoms with van der Waals surface area (Å²) in [5.41, 5.74) is 1.38. The highest BCUT2D eigenvalue weighted by Crippen LogP contribution is 2.42. The lowest BCUT2D eigenvalue weighted by atomic mass is 10.00. The van der Waals surface area contributed by atoms with Crippen LogP contribution in [0.15, 0.2) is 36.7 Å². The van der Waals surface area contributed by atoms with Gasteiger partial charge in [0.2, 0.25) is 11.8 Å². The fourth-order valence-corrected chi connectivity index (χ4v) is 4.14. The van der Waals surface area contributed by atoms with Gasteiger partial charge in [-0.3, -0.25) is 14.5 Å². The molecule has 2 atom stereocenters. The number of amides is 2. The number of hydrogen-bond donors (Lipinski definition) is 0. The number of nitrogens with zero attached hydrogens (tertiary/aromatic N) is 4. The summed E-state index contributed by atoms with van der Waals surface area (Å²) in [5.74, 6) is -1.21. The fourth-order valence-electron chi connectivity index (χ4n) is 4.14. The van der Waals surface area contributed by atoms with Crippen LogP contribution in [-0.4, -0.2) is 39.8 Å². The molecule has 7 heteroatoms. The molecule has 27 heavy (non-hydrogen) atoms. The number of carbonyl (C=O) groups is 2. The SMILES string of the molecule is O=C1C2CN(c3ncnc(C4CC4)c3F)CC2C(=O)N1Cc1ccccc1.